The molecule has 7 atom stereocenters. The maximum Gasteiger partial charge on any atom is 0.334 e. The number of aliphatic hydroxyl groups excluding tert-OH is 2. The van der Waals surface area contributed by atoms with Crippen LogP contribution in [0.2, 0.25) is 0 Å². The average Bonchev–Trinajstić information content (AvgIpc) is 2.68. The number of ether oxygens (including phenoxy) is 1. The number of fused-ring (bicyclic) bond motifs is 2. The van der Waals surface area contributed by atoms with E-state index in [1.807, 2.05) is 6.92 Å². The molecule has 3 fully saturated rings. The normalized spacial score (nSPS) is 53.5. The van der Waals surface area contributed by atoms with Gasteiger partial charge in [-0.05, 0) is 36.5 Å². The van der Waals surface area contributed by atoms with E-state index < -0.39 is 12.2 Å². The van der Waals surface area contributed by atoms with Gasteiger partial charge in [-0.25, -0.2) is 4.79 Å². The third kappa shape index (κ3) is 1.69. The molecule has 2 N–H and O–H groups in total. The molecule has 4 heteroatoms. The van der Waals surface area contributed by atoms with Gasteiger partial charge in [0.1, 0.15) is 6.10 Å². The van der Waals surface area contributed by atoms with Crippen molar-refractivity contribution in [3.05, 3.63) is 12.2 Å². The lowest BCUT2D eigenvalue weighted by Gasteiger charge is -2.36. The lowest BCUT2D eigenvalue weighted by Crippen LogP contribution is -2.38. The molecule has 0 unspecified atom stereocenters. The van der Waals surface area contributed by atoms with Crippen molar-refractivity contribution in [3.8, 4) is 0 Å². The second-order valence-electron chi connectivity index (χ2n) is 6.85. The van der Waals surface area contributed by atoms with Gasteiger partial charge >= 0.3 is 5.97 Å². The van der Waals surface area contributed by atoms with E-state index >= 15 is 0 Å². The lowest BCUT2D eigenvalue weighted by molar-refractivity contribution is -0.139. The molecular weight excluding hydrogens is 244 g/mol. The average molecular weight is 266 g/mol. The highest BCUT2D eigenvalue weighted by Gasteiger charge is 2.58. The van der Waals surface area contributed by atoms with Crippen LogP contribution in [0.3, 0.4) is 0 Å². The van der Waals surface area contributed by atoms with Crippen LogP contribution in [-0.4, -0.2) is 34.5 Å². The molecule has 0 aromatic carbocycles. The Hall–Kier alpha value is -0.870. The fourth-order valence-electron chi connectivity index (χ4n) is 4.61. The predicted molar refractivity (Wildman–Crippen MR) is 69.1 cm³/mol. The first kappa shape index (κ1) is 13.1. The highest BCUT2D eigenvalue weighted by molar-refractivity contribution is 5.90. The Morgan fingerprint density at radius 2 is 2.05 bits per heavy atom. The summed E-state index contributed by atoms with van der Waals surface area (Å²) in [5, 5.41) is 20.4. The van der Waals surface area contributed by atoms with Crippen LogP contribution >= 0.6 is 0 Å². The molecule has 19 heavy (non-hydrogen) atoms. The van der Waals surface area contributed by atoms with E-state index in [2.05, 4.69) is 13.5 Å². The lowest BCUT2D eigenvalue weighted by atomic mass is 9.69. The maximum absolute atomic E-state index is 11.7. The topological polar surface area (TPSA) is 66.8 Å². The Morgan fingerprint density at radius 1 is 1.37 bits per heavy atom. The molecule has 1 aliphatic heterocycles. The zero-order valence-electron chi connectivity index (χ0n) is 11.5. The first-order chi connectivity index (χ1) is 8.84. The molecule has 2 aliphatic carbocycles. The van der Waals surface area contributed by atoms with Crippen LogP contribution in [0.1, 0.15) is 33.1 Å². The predicted octanol–water partition coefficient (Wildman–Crippen LogP) is 1.26. The molecule has 3 aliphatic rings. The molecule has 106 valence electrons. The maximum atomic E-state index is 11.7. The molecule has 3 rings (SSSR count). The third-order valence-electron chi connectivity index (χ3n) is 5.75. The molecule has 0 bridgehead atoms. The van der Waals surface area contributed by atoms with E-state index in [-0.39, 0.29) is 29.3 Å². The van der Waals surface area contributed by atoms with Crippen molar-refractivity contribution in [1.29, 1.82) is 0 Å². The number of rotatable bonds is 0. The summed E-state index contributed by atoms with van der Waals surface area (Å²) in [4.78, 5) is 11.7. The summed E-state index contributed by atoms with van der Waals surface area (Å²) in [6.07, 6.45) is 0.646. The summed E-state index contributed by atoms with van der Waals surface area (Å²) in [6, 6.07) is 0. The monoisotopic (exact) mass is 266 g/mol. The molecule has 0 radical (unpaired) electrons. The van der Waals surface area contributed by atoms with E-state index in [1.165, 1.54) is 0 Å². The van der Waals surface area contributed by atoms with Gasteiger partial charge in [-0.15, -0.1) is 0 Å². The van der Waals surface area contributed by atoms with Gasteiger partial charge in [-0.3, -0.25) is 0 Å². The van der Waals surface area contributed by atoms with Gasteiger partial charge in [0.15, 0.2) is 0 Å². The Kier molecular flexibility index (Phi) is 2.81. The zero-order chi connectivity index (χ0) is 13.9. The van der Waals surface area contributed by atoms with Crippen molar-refractivity contribution in [2.75, 3.05) is 0 Å². The van der Waals surface area contributed by atoms with Crippen molar-refractivity contribution >= 4 is 5.97 Å². The molecule has 0 amide bonds. The Bertz CT molecular complexity index is 432. The van der Waals surface area contributed by atoms with E-state index in [9.17, 15) is 15.0 Å². The van der Waals surface area contributed by atoms with Crippen molar-refractivity contribution in [3.63, 3.8) is 0 Å². The summed E-state index contributed by atoms with van der Waals surface area (Å²) in [5.41, 5.74) is 0.183. The first-order valence-corrected chi connectivity index (χ1v) is 7.10. The van der Waals surface area contributed by atoms with Crippen LogP contribution < -0.4 is 0 Å². The summed E-state index contributed by atoms with van der Waals surface area (Å²) in [7, 11) is 0. The fourth-order valence-corrected chi connectivity index (χ4v) is 4.61. The number of carbonyl (C=O) groups excluding carboxylic acids is 1. The van der Waals surface area contributed by atoms with E-state index in [0.717, 1.165) is 6.42 Å². The summed E-state index contributed by atoms with van der Waals surface area (Å²) >= 11 is 0. The van der Waals surface area contributed by atoms with Crippen LogP contribution in [0.4, 0.5) is 0 Å². The largest absolute Gasteiger partial charge is 0.458 e. The molecule has 1 heterocycles. The van der Waals surface area contributed by atoms with Gasteiger partial charge in [0, 0.05) is 11.5 Å². The van der Waals surface area contributed by atoms with Gasteiger partial charge in [-0.2, -0.15) is 0 Å². The van der Waals surface area contributed by atoms with Crippen molar-refractivity contribution in [2.24, 2.45) is 23.2 Å². The SMILES string of the molecule is C=C1C(=O)O[C@@H]2C[C@H](C)[C@H]3C[C@H](O)[C@H](O)[C@@]3(C)C[C@H]12. The van der Waals surface area contributed by atoms with Gasteiger partial charge in [0.2, 0.25) is 0 Å². The number of esters is 1. The van der Waals surface area contributed by atoms with Crippen LogP contribution in [0.25, 0.3) is 0 Å². The van der Waals surface area contributed by atoms with Crippen molar-refractivity contribution in [1.82, 2.24) is 0 Å². The van der Waals surface area contributed by atoms with Crippen LogP contribution in [0.15, 0.2) is 12.2 Å². The van der Waals surface area contributed by atoms with Crippen LogP contribution in [0, 0.1) is 23.2 Å². The van der Waals surface area contributed by atoms with Crippen LogP contribution in [-0.2, 0) is 9.53 Å². The minimum atomic E-state index is -0.720. The summed E-state index contributed by atoms with van der Waals surface area (Å²) in [5.74, 6) is 0.294. The van der Waals surface area contributed by atoms with Crippen LogP contribution in [0.5, 0.6) is 0 Å². The quantitative estimate of drug-likeness (QED) is 0.512. The molecule has 0 aromatic heterocycles. The van der Waals surface area contributed by atoms with Crippen molar-refractivity contribution in [2.45, 2.75) is 51.4 Å². The van der Waals surface area contributed by atoms with Gasteiger partial charge in [-0.1, -0.05) is 20.4 Å². The third-order valence-corrected chi connectivity index (χ3v) is 5.75. The second-order valence-corrected chi connectivity index (χ2v) is 6.85. The highest BCUT2D eigenvalue weighted by Crippen LogP contribution is 2.56. The Morgan fingerprint density at radius 3 is 2.74 bits per heavy atom. The van der Waals surface area contributed by atoms with Gasteiger partial charge < -0.3 is 14.9 Å². The van der Waals surface area contributed by atoms with E-state index in [0.29, 0.717) is 24.3 Å². The Labute approximate surface area is 113 Å². The summed E-state index contributed by atoms with van der Waals surface area (Å²) in [6.45, 7) is 8.02. The number of hydrogen-bond acceptors (Lipinski definition) is 4. The van der Waals surface area contributed by atoms with E-state index in [4.69, 9.17) is 4.74 Å². The van der Waals surface area contributed by atoms with E-state index in [1.54, 1.807) is 0 Å². The molecule has 0 spiro atoms. The Balaban J connectivity index is 1.97. The smallest absolute Gasteiger partial charge is 0.334 e. The molecular formula is C15H22O4. The van der Waals surface area contributed by atoms with Crippen molar-refractivity contribution < 1.29 is 19.7 Å². The summed E-state index contributed by atoms with van der Waals surface area (Å²) < 4.78 is 5.42. The standard InChI is InChI=1S/C15H22O4/c1-7-4-12-9(8(2)14(18)19-12)6-15(3)10(7)5-11(16)13(15)17/h7,9-13,16-17H,2,4-6H2,1,3H3/t7-,9+,10+,11-,12+,13-,15-/m0/s1. The highest BCUT2D eigenvalue weighted by atomic mass is 16.6. The minimum Gasteiger partial charge on any atom is -0.458 e. The fraction of sp³-hybridized carbons (Fsp3) is 0.800. The van der Waals surface area contributed by atoms with Gasteiger partial charge in [0.05, 0.1) is 12.2 Å². The second kappa shape index (κ2) is 4.06. The molecule has 0 aromatic rings. The number of carbonyl (C=O) groups is 1. The molecule has 4 nitrogen and oxygen atoms in total. The zero-order valence-corrected chi connectivity index (χ0v) is 11.5. The molecule has 2 saturated carbocycles. The number of aliphatic hydroxyl groups is 2. The molecule has 1 saturated heterocycles. The number of hydrogen-bond donors (Lipinski definition) is 2. The minimum absolute atomic E-state index is 0.00935. The first-order valence-electron chi connectivity index (χ1n) is 7.10. The van der Waals surface area contributed by atoms with Gasteiger partial charge in [0.25, 0.3) is 0 Å².